The molecule has 1 aliphatic heterocycles. The van der Waals surface area contributed by atoms with Gasteiger partial charge in [0, 0.05) is 42.9 Å². The van der Waals surface area contributed by atoms with Crippen molar-refractivity contribution in [2.75, 3.05) is 43.4 Å². The van der Waals surface area contributed by atoms with E-state index in [-0.39, 0.29) is 28.9 Å². The zero-order valence-electron chi connectivity index (χ0n) is 23.2. The number of anilines is 2. The van der Waals surface area contributed by atoms with Gasteiger partial charge in [0.1, 0.15) is 18.0 Å². The van der Waals surface area contributed by atoms with Gasteiger partial charge in [-0.1, -0.05) is 24.1 Å². The number of para-hydroxylation sites is 1. The fraction of sp³-hybridized carbons (Fsp3) is 0.448. The molecular weight excluding hydrogens is 560 g/mol. The highest BCUT2D eigenvalue weighted by Gasteiger charge is 2.31. The van der Waals surface area contributed by atoms with Crippen LogP contribution >= 0.6 is 0 Å². The number of fused-ring (bicyclic) bond motifs is 1. The maximum Gasteiger partial charge on any atom is 0.406 e. The highest BCUT2D eigenvalue weighted by molar-refractivity contribution is 7.90. The van der Waals surface area contributed by atoms with Crippen LogP contribution in [0.5, 0.6) is 5.75 Å². The molecule has 41 heavy (non-hydrogen) atoms. The molecule has 0 unspecified atom stereocenters. The van der Waals surface area contributed by atoms with Gasteiger partial charge in [-0.15, -0.1) is 0 Å². The van der Waals surface area contributed by atoms with Gasteiger partial charge in [0.15, 0.2) is 9.84 Å². The first-order valence-corrected chi connectivity index (χ1v) is 15.2. The van der Waals surface area contributed by atoms with Gasteiger partial charge in [0.25, 0.3) is 0 Å². The number of benzene rings is 2. The van der Waals surface area contributed by atoms with E-state index in [4.69, 9.17) is 4.74 Å². The number of alkyl halides is 4. The maximum atomic E-state index is 13.7. The Hall–Kier alpha value is -3.43. The summed E-state index contributed by atoms with van der Waals surface area (Å²) < 4.78 is 83.8. The largest absolute Gasteiger partial charge is 0.461 e. The molecule has 2 heterocycles. The number of ether oxygens (including phenoxy) is 1. The number of hydrogen-bond donors (Lipinski definition) is 2. The molecule has 1 aromatic heterocycles. The van der Waals surface area contributed by atoms with Crippen LogP contribution < -0.4 is 15.4 Å². The van der Waals surface area contributed by atoms with Gasteiger partial charge in [-0.3, -0.25) is 0 Å². The van der Waals surface area contributed by atoms with Gasteiger partial charge < -0.3 is 24.8 Å². The van der Waals surface area contributed by atoms with Gasteiger partial charge in [-0.2, -0.15) is 13.2 Å². The van der Waals surface area contributed by atoms with Crippen molar-refractivity contribution in [3.05, 3.63) is 48.2 Å². The zero-order chi connectivity index (χ0) is 29.8. The summed E-state index contributed by atoms with van der Waals surface area (Å²) in [6.07, 6.45) is -1.73. The van der Waals surface area contributed by atoms with E-state index in [0.29, 0.717) is 28.3 Å². The van der Waals surface area contributed by atoms with Crippen molar-refractivity contribution in [3.63, 3.8) is 0 Å². The zero-order valence-corrected chi connectivity index (χ0v) is 24.0. The summed E-state index contributed by atoms with van der Waals surface area (Å²) in [7, 11) is -3.54. The number of nitrogens with one attached hydrogen (secondary N) is 2. The first kappa shape index (κ1) is 30.5. The third-order valence-electron chi connectivity index (χ3n) is 7.08. The molecule has 0 aliphatic carbocycles. The summed E-state index contributed by atoms with van der Waals surface area (Å²) >= 11 is 0. The first-order valence-electron chi connectivity index (χ1n) is 13.3. The second kappa shape index (κ2) is 12.6. The minimum Gasteiger partial charge on any atom is -0.461 e. The molecule has 1 aliphatic rings. The molecule has 4 rings (SSSR count). The first-order chi connectivity index (χ1) is 19.4. The lowest BCUT2D eigenvalue weighted by atomic mass is 10.0. The van der Waals surface area contributed by atoms with Crippen LogP contribution in [0.25, 0.3) is 10.9 Å². The van der Waals surface area contributed by atoms with E-state index in [1.807, 2.05) is 0 Å². The minimum absolute atomic E-state index is 0.0133. The van der Waals surface area contributed by atoms with Crippen LogP contribution in [0.3, 0.4) is 0 Å². The number of aromatic nitrogens is 1. The van der Waals surface area contributed by atoms with E-state index in [1.165, 1.54) is 22.8 Å². The van der Waals surface area contributed by atoms with Crippen molar-refractivity contribution in [2.45, 2.75) is 56.4 Å². The molecule has 0 spiro atoms. The van der Waals surface area contributed by atoms with Crippen molar-refractivity contribution < 1.29 is 30.7 Å². The monoisotopic (exact) mass is 594 g/mol. The summed E-state index contributed by atoms with van der Waals surface area (Å²) in [5, 5.41) is 7.12. The van der Waals surface area contributed by atoms with Crippen LogP contribution in [-0.4, -0.2) is 68.9 Å². The van der Waals surface area contributed by atoms with Gasteiger partial charge in [-0.25, -0.2) is 12.8 Å². The molecule has 12 heteroatoms. The third kappa shape index (κ3) is 7.65. The Morgan fingerprint density at radius 1 is 1.12 bits per heavy atom. The molecule has 0 saturated carbocycles. The molecule has 7 nitrogen and oxygen atoms in total. The number of rotatable bonds is 9. The topological polar surface area (TPSA) is 75.6 Å². The summed E-state index contributed by atoms with van der Waals surface area (Å²) in [5.41, 5.74) is 1.53. The number of sulfone groups is 1. The Labute approximate surface area is 237 Å². The standard InChI is InChI=1S/C29H34F4N4O3S/c1-20(2)36-15-12-21(13-16-36)35-28-23-7-4-5-8-25(23)37(18-29(31,32)33)26(28)9-6-14-34-24-11-10-22(41(3,38)39)17-27(24)40-19-30/h4-5,7-8,10-11,17,20-21,34-35H,12-16,18-19H2,1-3H3. The number of nitrogens with zero attached hydrogens (tertiary/aromatic N) is 2. The van der Waals surface area contributed by atoms with E-state index in [0.717, 1.165) is 32.2 Å². The quantitative estimate of drug-likeness (QED) is 0.246. The Kier molecular flexibility index (Phi) is 9.39. The second-order valence-electron chi connectivity index (χ2n) is 10.3. The Bertz CT molecular complexity index is 1530. The molecule has 0 atom stereocenters. The number of likely N-dealkylation sites (tertiary alicyclic amines) is 1. The van der Waals surface area contributed by atoms with Crippen LogP contribution in [0.1, 0.15) is 32.4 Å². The highest BCUT2D eigenvalue weighted by atomic mass is 32.2. The lowest BCUT2D eigenvalue weighted by Crippen LogP contribution is -2.42. The number of piperidine rings is 1. The predicted molar refractivity (Wildman–Crippen MR) is 153 cm³/mol. The number of halogens is 4. The molecular formula is C29H34F4N4O3S. The molecule has 1 saturated heterocycles. The summed E-state index contributed by atoms with van der Waals surface area (Å²) in [6, 6.07) is 11.4. The van der Waals surface area contributed by atoms with Crippen molar-refractivity contribution in [1.82, 2.24) is 9.47 Å². The van der Waals surface area contributed by atoms with E-state index < -0.39 is 29.4 Å². The van der Waals surface area contributed by atoms with Crippen molar-refractivity contribution in [1.29, 1.82) is 0 Å². The van der Waals surface area contributed by atoms with Crippen LogP contribution in [0.4, 0.5) is 28.9 Å². The molecule has 222 valence electrons. The molecule has 3 aromatic rings. The van der Waals surface area contributed by atoms with E-state index in [9.17, 15) is 26.0 Å². The van der Waals surface area contributed by atoms with Gasteiger partial charge in [-0.05, 0) is 50.8 Å². The highest BCUT2D eigenvalue weighted by Crippen LogP contribution is 2.35. The molecule has 2 N–H and O–H groups in total. The van der Waals surface area contributed by atoms with E-state index in [1.54, 1.807) is 24.3 Å². The summed E-state index contributed by atoms with van der Waals surface area (Å²) in [6.45, 7) is 3.70. The average molecular weight is 595 g/mol. The Morgan fingerprint density at radius 3 is 2.46 bits per heavy atom. The Morgan fingerprint density at radius 2 is 1.83 bits per heavy atom. The summed E-state index contributed by atoms with van der Waals surface area (Å²) in [4.78, 5) is 2.34. The fourth-order valence-electron chi connectivity index (χ4n) is 5.01. The molecule has 0 amide bonds. The van der Waals surface area contributed by atoms with Gasteiger partial charge >= 0.3 is 6.18 Å². The van der Waals surface area contributed by atoms with E-state index in [2.05, 4.69) is 41.2 Å². The average Bonchev–Trinajstić information content (AvgIpc) is 3.18. The SMILES string of the molecule is CC(C)N1CCC(Nc2c(C#CCNc3ccc(S(C)(=O)=O)cc3OCF)n(CC(F)(F)F)c3ccccc23)CC1. The maximum absolute atomic E-state index is 13.7. The molecule has 0 bridgehead atoms. The van der Waals surface area contributed by atoms with Crippen molar-refractivity contribution in [3.8, 4) is 17.6 Å². The number of hydrogen-bond acceptors (Lipinski definition) is 6. The molecule has 0 radical (unpaired) electrons. The molecule has 2 aromatic carbocycles. The van der Waals surface area contributed by atoms with Gasteiger partial charge in [0.2, 0.25) is 6.86 Å². The van der Waals surface area contributed by atoms with Crippen molar-refractivity contribution >= 4 is 32.1 Å². The minimum atomic E-state index is -4.46. The van der Waals surface area contributed by atoms with Crippen LogP contribution in [0, 0.1) is 11.8 Å². The lowest BCUT2D eigenvalue weighted by Gasteiger charge is -2.35. The van der Waals surface area contributed by atoms with Crippen LogP contribution in [-0.2, 0) is 16.4 Å². The smallest absolute Gasteiger partial charge is 0.406 e. The van der Waals surface area contributed by atoms with Crippen LogP contribution in [0.2, 0.25) is 0 Å². The Balaban J connectivity index is 1.65. The molecule has 1 fully saturated rings. The second-order valence-corrected chi connectivity index (χ2v) is 12.3. The summed E-state index contributed by atoms with van der Waals surface area (Å²) in [5.74, 6) is 5.81. The fourth-order valence-corrected chi connectivity index (χ4v) is 5.65. The van der Waals surface area contributed by atoms with Gasteiger partial charge in [0.05, 0.1) is 28.3 Å². The normalized spacial score (nSPS) is 15.1. The van der Waals surface area contributed by atoms with Crippen molar-refractivity contribution in [2.24, 2.45) is 0 Å². The third-order valence-corrected chi connectivity index (χ3v) is 8.19. The van der Waals surface area contributed by atoms with Crippen LogP contribution in [0.15, 0.2) is 47.4 Å². The van der Waals surface area contributed by atoms with E-state index >= 15 is 0 Å². The predicted octanol–water partition coefficient (Wildman–Crippen LogP) is 5.66. The lowest BCUT2D eigenvalue weighted by molar-refractivity contribution is -0.140.